The summed E-state index contributed by atoms with van der Waals surface area (Å²) in [4.78, 5) is 15.1. The zero-order valence-electron chi connectivity index (χ0n) is 21.1. The summed E-state index contributed by atoms with van der Waals surface area (Å²) in [7, 11) is 0. The number of aliphatic hydroxyl groups is 1. The number of hydrogen-bond acceptors (Lipinski definition) is 6. The van der Waals surface area contributed by atoms with Gasteiger partial charge in [-0.3, -0.25) is 10.2 Å². The average molecular weight is 521 g/mol. The highest BCUT2D eigenvalue weighted by Crippen LogP contribution is 2.27. The van der Waals surface area contributed by atoms with Gasteiger partial charge in [0.2, 0.25) is 0 Å². The van der Waals surface area contributed by atoms with Crippen LogP contribution in [0.15, 0.2) is 66.7 Å². The van der Waals surface area contributed by atoms with Gasteiger partial charge in [-0.05, 0) is 62.2 Å². The van der Waals surface area contributed by atoms with Gasteiger partial charge < -0.3 is 25.8 Å². The van der Waals surface area contributed by atoms with Gasteiger partial charge in [-0.1, -0.05) is 41.9 Å². The quantitative estimate of drug-likeness (QED) is 0.255. The number of ether oxygens (including phenoxy) is 1. The number of carbonyl (C=O) groups excluding carboxylic acids is 1. The van der Waals surface area contributed by atoms with E-state index in [0.717, 1.165) is 11.3 Å². The van der Waals surface area contributed by atoms with E-state index in [9.17, 15) is 9.90 Å². The van der Waals surface area contributed by atoms with Crippen LogP contribution in [0.3, 0.4) is 0 Å². The van der Waals surface area contributed by atoms with Crippen LogP contribution in [0, 0.1) is 5.41 Å². The second-order valence-electron chi connectivity index (χ2n) is 9.53. The molecule has 1 aliphatic rings. The molecule has 1 saturated heterocycles. The Bertz CT molecular complexity index is 1260. The second-order valence-corrected chi connectivity index (χ2v) is 9.94. The molecule has 0 aliphatic carbocycles. The summed E-state index contributed by atoms with van der Waals surface area (Å²) >= 11 is 6.19. The monoisotopic (exact) mass is 520 g/mol. The summed E-state index contributed by atoms with van der Waals surface area (Å²) < 4.78 is 5.72. The van der Waals surface area contributed by atoms with E-state index in [-0.39, 0.29) is 23.7 Å². The van der Waals surface area contributed by atoms with Crippen molar-refractivity contribution in [2.24, 2.45) is 0 Å². The fraction of sp³-hybridized carbons (Fsp3) is 0.310. The smallest absolute Gasteiger partial charge is 0.251 e. The van der Waals surface area contributed by atoms with Crippen molar-refractivity contribution >= 4 is 34.6 Å². The Morgan fingerprint density at radius 2 is 1.86 bits per heavy atom. The number of halogens is 1. The number of amides is 1. The highest BCUT2D eigenvalue weighted by atomic mass is 35.5. The van der Waals surface area contributed by atoms with Crippen molar-refractivity contribution in [2.45, 2.75) is 45.0 Å². The van der Waals surface area contributed by atoms with Crippen LogP contribution < -0.4 is 16.0 Å². The second kappa shape index (κ2) is 11.8. The molecule has 8 heteroatoms. The van der Waals surface area contributed by atoms with Crippen LogP contribution in [0.4, 0.5) is 11.4 Å². The number of carbonyl (C=O) groups is 1. The van der Waals surface area contributed by atoms with E-state index in [0.29, 0.717) is 53.6 Å². The summed E-state index contributed by atoms with van der Waals surface area (Å²) in [5.74, 6) is -0.269. The number of benzene rings is 3. The molecule has 3 atom stereocenters. The highest BCUT2D eigenvalue weighted by molar-refractivity contribution is 6.31. The topological polar surface area (TPSA) is 112 Å². The van der Waals surface area contributed by atoms with Gasteiger partial charge in [-0.2, -0.15) is 0 Å². The molecule has 5 N–H and O–H groups in total. The Morgan fingerprint density at radius 1 is 1.16 bits per heavy atom. The molecule has 1 fully saturated rings. The molecule has 3 aromatic rings. The molecule has 1 aliphatic heterocycles. The molecule has 194 valence electrons. The van der Waals surface area contributed by atoms with E-state index < -0.39 is 6.10 Å². The number of nitrogen functional groups attached to an aromatic ring is 1. The number of hydrogen-bond donors (Lipinski definition) is 4. The van der Waals surface area contributed by atoms with Crippen molar-refractivity contribution in [3.05, 3.63) is 94.0 Å². The van der Waals surface area contributed by atoms with Crippen LogP contribution in [0.5, 0.6) is 0 Å². The van der Waals surface area contributed by atoms with E-state index in [4.69, 9.17) is 27.5 Å². The first-order valence-corrected chi connectivity index (χ1v) is 12.8. The van der Waals surface area contributed by atoms with Crippen LogP contribution in [-0.2, 0) is 11.3 Å². The van der Waals surface area contributed by atoms with Gasteiger partial charge >= 0.3 is 0 Å². The van der Waals surface area contributed by atoms with Gasteiger partial charge in [0.15, 0.2) is 0 Å². The SMILES string of the molecule is CC(O)CC1COCC(C)N1c1ccc(C(=N)c2cc(C(=O)NCc3ccccc3Cl)ccc2N)cc1. The van der Waals surface area contributed by atoms with Gasteiger partial charge in [-0.25, -0.2) is 0 Å². The predicted octanol–water partition coefficient (Wildman–Crippen LogP) is 4.63. The molecule has 0 aromatic heterocycles. The third-order valence-corrected chi connectivity index (χ3v) is 6.96. The number of nitrogens with one attached hydrogen (secondary N) is 2. The molecule has 1 heterocycles. The lowest BCUT2D eigenvalue weighted by Crippen LogP contribution is -2.52. The fourth-order valence-electron chi connectivity index (χ4n) is 4.72. The van der Waals surface area contributed by atoms with Crippen molar-refractivity contribution in [3.63, 3.8) is 0 Å². The standard InChI is InChI=1S/C29H33ClN4O3/c1-18-16-37-17-24(13-19(2)35)34(18)23-10-7-20(8-11-23)28(32)25-14-21(9-12-27(25)31)29(36)33-15-22-5-3-4-6-26(22)30/h3-12,14,18-19,24,32,35H,13,15-17,31H2,1-2H3,(H,33,36). The molecule has 1 amide bonds. The number of nitrogens with two attached hydrogens (primary N) is 1. The summed E-state index contributed by atoms with van der Waals surface area (Å²) in [6.07, 6.45) is 0.190. The minimum atomic E-state index is -0.425. The van der Waals surface area contributed by atoms with Gasteiger partial charge in [-0.15, -0.1) is 0 Å². The number of morpholine rings is 1. The molecule has 0 radical (unpaired) electrons. The lowest BCUT2D eigenvalue weighted by molar-refractivity contribution is 0.0530. The van der Waals surface area contributed by atoms with Crippen molar-refractivity contribution in [3.8, 4) is 0 Å². The van der Waals surface area contributed by atoms with Crippen LogP contribution in [0.2, 0.25) is 5.02 Å². The van der Waals surface area contributed by atoms with E-state index in [1.807, 2.05) is 42.5 Å². The Labute approximate surface area is 222 Å². The Hall–Kier alpha value is -3.39. The Morgan fingerprint density at radius 3 is 2.57 bits per heavy atom. The van der Waals surface area contributed by atoms with E-state index in [1.54, 1.807) is 31.2 Å². The zero-order chi connectivity index (χ0) is 26.5. The van der Waals surface area contributed by atoms with E-state index >= 15 is 0 Å². The van der Waals surface area contributed by atoms with Gasteiger partial charge in [0.1, 0.15) is 0 Å². The summed E-state index contributed by atoms with van der Waals surface area (Å²) in [5, 5.41) is 22.2. The van der Waals surface area contributed by atoms with Gasteiger partial charge in [0.05, 0.1) is 31.1 Å². The molecular weight excluding hydrogens is 488 g/mol. The first kappa shape index (κ1) is 26.7. The van der Waals surface area contributed by atoms with Crippen molar-refractivity contribution in [2.75, 3.05) is 23.8 Å². The first-order chi connectivity index (χ1) is 17.7. The van der Waals surface area contributed by atoms with Crippen LogP contribution in [-0.4, -0.2) is 48.1 Å². The lowest BCUT2D eigenvalue weighted by atomic mass is 9.97. The van der Waals surface area contributed by atoms with E-state index in [1.165, 1.54) is 0 Å². The largest absolute Gasteiger partial charge is 0.398 e. The molecule has 4 rings (SSSR count). The summed E-state index contributed by atoms with van der Waals surface area (Å²) in [6.45, 7) is 5.38. The number of rotatable bonds is 8. The summed E-state index contributed by atoms with van der Waals surface area (Å²) in [6, 6.07) is 20.3. The van der Waals surface area contributed by atoms with Crippen molar-refractivity contribution < 1.29 is 14.6 Å². The Balaban J connectivity index is 1.50. The summed E-state index contributed by atoms with van der Waals surface area (Å²) in [5.41, 5.74) is 10.3. The van der Waals surface area contributed by atoms with Crippen LogP contribution in [0.1, 0.15) is 47.3 Å². The minimum absolute atomic E-state index is 0.0747. The first-order valence-electron chi connectivity index (χ1n) is 12.4. The zero-order valence-corrected chi connectivity index (χ0v) is 21.8. The predicted molar refractivity (Wildman–Crippen MR) is 149 cm³/mol. The molecule has 37 heavy (non-hydrogen) atoms. The molecule has 0 bridgehead atoms. The molecule has 0 spiro atoms. The lowest BCUT2D eigenvalue weighted by Gasteiger charge is -2.42. The maximum absolute atomic E-state index is 12.8. The normalized spacial score (nSPS) is 18.3. The van der Waals surface area contributed by atoms with Crippen molar-refractivity contribution in [1.29, 1.82) is 5.41 Å². The highest BCUT2D eigenvalue weighted by Gasteiger charge is 2.29. The van der Waals surface area contributed by atoms with Crippen LogP contribution >= 0.6 is 11.6 Å². The third kappa shape index (κ3) is 6.31. The number of nitrogens with zero attached hydrogens (tertiary/aromatic N) is 1. The molecule has 7 nitrogen and oxygen atoms in total. The molecule has 3 unspecified atom stereocenters. The molecular formula is C29H33ClN4O3. The van der Waals surface area contributed by atoms with Gasteiger partial charge in [0, 0.05) is 45.7 Å². The fourth-order valence-corrected chi connectivity index (χ4v) is 4.93. The molecule has 3 aromatic carbocycles. The minimum Gasteiger partial charge on any atom is -0.398 e. The van der Waals surface area contributed by atoms with Gasteiger partial charge in [0.25, 0.3) is 5.91 Å². The maximum atomic E-state index is 12.8. The van der Waals surface area contributed by atoms with E-state index in [2.05, 4.69) is 17.1 Å². The Kier molecular flexibility index (Phi) is 8.48. The molecule has 0 saturated carbocycles. The average Bonchev–Trinajstić information content (AvgIpc) is 2.88. The maximum Gasteiger partial charge on any atom is 0.251 e. The van der Waals surface area contributed by atoms with Crippen molar-refractivity contribution in [1.82, 2.24) is 5.32 Å². The third-order valence-electron chi connectivity index (χ3n) is 6.59. The number of aliphatic hydroxyl groups excluding tert-OH is 1. The number of anilines is 2. The van der Waals surface area contributed by atoms with Crippen LogP contribution in [0.25, 0.3) is 0 Å².